The predicted molar refractivity (Wildman–Crippen MR) is 108 cm³/mol. The molecule has 0 bridgehead atoms. The number of aromatic nitrogens is 1. The van der Waals surface area contributed by atoms with Gasteiger partial charge in [0.25, 0.3) is 5.91 Å². The Morgan fingerprint density at radius 3 is 2.67 bits per heavy atom. The van der Waals surface area contributed by atoms with Crippen LogP contribution in [0.15, 0.2) is 82.8 Å². The zero-order valence-electron chi connectivity index (χ0n) is 14.2. The second kappa shape index (κ2) is 7.78. The monoisotopic (exact) mass is 394 g/mol. The van der Waals surface area contributed by atoms with Gasteiger partial charge in [0.15, 0.2) is 5.13 Å². The molecule has 0 radical (unpaired) electrons. The Morgan fingerprint density at radius 1 is 1.07 bits per heavy atom. The number of thiazole rings is 1. The number of nitrogens with zero attached hydrogens (tertiary/aromatic N) is 2. The Morgan fingerprint density at radius 2 is 1.93 bits per heavy atom. The van der Waals surface area contributed by atoms with E-state index in [-0.39, 0.29) is 5.91 Å². The number of amides is 1. The van der Waals surface area contributed by atoms with Crippen LogP contribution in [0, 0.1) is 0 Å². The number of rotatable bonds is 5. The standard InChI is InChI=1S/C21H15ClN2O2S/c22-17-9-4-8-16(12-17)20(25)24(13-18-10-5-11-26-18)21-23-19(14-27-21)15-6-2-1-3-7-15/h1-12,14H,13H2. The molecule has 2 aromatic heterocycles. The second-order valence-corrected chi connectivity index (χ2v) is 7.14. The van der Waals surface area contributed by atoms with Gasteiger partial charge in [-0.05, 0) is 30.3 Å². The largest absolute Gasteiger partial charge is 0.467 e. The van der Waals surface area contributed by atoms with Gasteiger partial charge in [-0.15, -0.1) is 11.3 Å². The minimum atomic E-state index is -0.178. The number of carbonyl (C=O) groups excluding carboxylic acids is 1. The first-order valence-electron chi connectivity index (χ1n) is 8.31. The van der Waals surface area contributed by atoms with E-state index >= 15 is 0 Å². The summed E-state index contributed by atoms with van der Waals surface area (Å²) in [5.41, 5.74) is 2.35. The summed E-state index contributed by atoms with van der Waals surface area (Å²) >= 11 is 7.49. The third-order valence-electron chi connectivity index (χ3n) is 4.00. The smallest absolute Gasteiger partial charge is 0.260 e. The zero-order valence-corrected chi connectivity index (χ0v) is 15.8. The van der Waals surface area contributed by atoms with Crippen LogP contribution in [0.3, 0.4) is 0 Å². The van der Waals surface area contributed by atoms with Crippen molar-refractivity contribution < 1.29 is 9.21 Å². The van der Waals surface area contributed by atoms with Gasteiger partial charge in [0.1, 0.15) is 5.76 Å². The molecule has 0 aliphatic rings. The average molecular weight is 395 g/mol. The molecular weight excluding hydrogens is 380 g/mol. The van der Waals surface area contributed by atoms with Gasteiger partial charge in [-0.3, -0.25) is 9.69 Å². The highest BCUT2D eigenvalue weighted by molar-refractivity contribution is 7.14. The summed E-state index contributed by atoms with van der Waals surface area (Å²) in [6.07, 6.45) is 1.59. The first-order chi connectivity index (χ1) is 13.2. The molecule has 4 nitrogen and oxygen atoms in total. The van der Waals surface area contributed by atoms with Crippen molar-refractivity contribution in [3.8, 4) is 11.3 Å². The van der Waals surface area contributed by atoms with Crippen LogP contribution in [-0.2, 0) is 6.54 Å². The maximum atomic E-state index is 13.2. The minimum absolute atomic E-state index is 0.178. The van der Waals surface area contributed by atoms with Gasteiger partial charge in [0.2, 0.25) is 0 Å². The van der Waals surface area contributed by atoms with Crippen molar-refractivity contribution in [3.63, 3.8) is 0 Å². The van der Waals surface area contributed by atoms with Crippen LogP contribution >= 0.6 is 22.9 Å². The summed E-state index contributed by atoms with van der Waals surface area (Å²) in [4.78, 5) is 19.5. The molecule has 0 spiro atoms. The van der Waals surface area contributed by atoms with Gasteiger partial charge in [-0.1, -0.05) is 48.0 Å². The maximum Gasteiger partial charge on any atom is 0.260 e. The van der Waals surface area contributed by atoms with Crippen molar-refractivity contribution in [1.29, 1.82) is 0 Å². The number of hydrogen-bond donors (Lipinski definition) is 0. The molecule has 0 aliphatic carbocycles. The van der Waals surface area contributed by atoms with Crippen LogP contribution in [0.1, 0.15) is 16.1 Å². The molecule has 0 fully saturated rings. The molecule has 0 saturated heterocycles. The van der Waals surface area contributed by atoms with Crippen molar-refractivity contribution in [3.05, 3.63) is 94.7 Å². The molecule has 6 heteroatoms. The Kier molecular flexibility index (Phi) is 5.05. The van der Waals surface area contributed by atoms with E-state index < -0.39 is 0 Å². The minimum Gasteiger partial charge on any atom is -0.467 e. The van der Waals surface area contributed by atoms with Gasteiger partial charge in [0, 0.05) is 21.5 Å². The van der Waals surface area contributed by atoms with E-state index in [4.69, 9.17) is 16.0 Å². The molecule has 0 aliphatic heterocycles. The summed E-state index contributed by atoms with van der Waals surface area (Å²) in [5.74, 6) is 0.504. The Hall–Kier alpha value is -2.89. The Bertz CT molecular complexity index is 1050. The van der Waals surface area contributed by atoms with E-state index in [1.165, 1.54) is 11.3 Å². The highest BCUT2D eigenvalue weighted by atomic mass is 35.5. The fourth-order valence-electron chi connectivity index (χ4n) is 2.69. The van der Waals surface area contributed by atoms with Crippen LogP contribution < -0.4 is 4.90 Å². The first kappa shape index (κ1) is 17.5. The van der Waals surface area contributed by atoms with Crippen LogP contribution in [0.2, 0.25) is 5.02 Å². The van der Waals surface area contributed by atoms with Crippen LogP contribution in [0.4, 0.5) is 5.13 Å². The topological polar surface area (TPSA) is 46.3 Å². The quantitative estimate of drug-likeness (QED) is 0.423. The van der Waals surface area contributed by atoms with Gasteiger partial charge in [0.05, 0.1) is 18.5 Å². The van der Waals surface area contributed by atoms with Crippen LogP contribution in [0.25, 0.3) is 11.3 Å². The number of halogens is 1. The third-order valence-corrected chi connectivity index (χ3v) is 5.10. The molecule has 1 amide bonds. The van der Waals surface area contributed by atoms with E-state index in [1.54, 1.807) is 41.5 Å². The Labute approximate surface area is 165 Å². The molecule has 0 saturated carbocycles. The SMILES string of the molecule is O=C(c1cccc(Cl)c1)N(Cc1ccco1)c1nc(-c2ccccc2)cs1. The number of benzene rings is 2. The molecule has 134 valence electrons. The van der Waals surface area contributed by atoms with Crippen LogP contribution in [0.5, 0.6) is 0 Å². The summed E-state index contributed by atoms with van der Waals surface area (Å²) in [6.45, 7) is 0.292. The lowest BCUT2D eigenvalue weighted by molar-refractivity contribution is 0.0983. The lowest BCUT2D eigenvalue weighted by Crippen LogP contribution is -2.30. The van der Waals surface area contributed by atoms with Crippen molar-refractivity contribution in [2.24, 2.45) is 0 Å². The van der Waals surface area contributed by atoms with Crippen molar-refractivity contribution >= 4 is 34.0 Å². The van der Waals surface area contributed by atoms with Crippen LogP contribution in [-0.4, -0.2) is 10.9 Å². The molecule has 2 aromatic carbocycles. The fraction of sp³-hybridized carbons (Fsp3) is 0.0476. The van der Waals surface area contributed by atoms with Gasteiger partial charge >= 0.3 is 0 Å². The maximum absolute atomic E-state index is 13.2. The molecular formula is C21H15ClN2O2S. The molecule has 0 N–H and O–H groups in total. The lowest BCUT2D eigenvalue weighted by Gasteiger charge is -2.19. The molecule has 27 heavy (non-hydrogen) atoms. The third kappa shape index (κ3) is 3.94. The summed E-state index contributed by atoms with van der Waals surface area (Å²) < 4.78 is 5.44. The number of hydrogen-bond acceptors (Lipinski definition) is 4. The Balaban J connectivity index is 1.70. The van der Waals surface area contributed by atoms with Gasteiger partial charge in [-0.25, -0.2) is 4.98 Å². The van der Waals surface area contributed by atoms with E-state index in [9.17, 15) is 4.79 Å². The summed E-state index contributed by atoms with van der Waals surface area (Å²) in [7, 11) is 0. The van der Waals surface area contributed by atoms with E-state index in [1.807, 2.05) is 41.8 Å². The summed E-state index contributed by atoms with van der Waals surface area (Å²) in [5, 5.41) is 3.07. The highest BCUT2D eigenvalue weighted by Crippen LogP contribution is 2.30. The van der Waals surface area contributed by atoms with E-state index in [2.05, 4.69) is 4.98 Å². The molecule has 0 atom stereocenters. The number of anilines is 1. The van der Waals surface area contributed by atoms with E-state index in [0.717, 1.165) is 11.3 Å². The summed E-state index contributed by atoms with van der Waals surface area (Å²) in [6, 6.07) is 20.4. The van der Waals surface area contributed by atoms with Gasteiger partial charge < -0.3 is 4.42 Å². The van der Waals surface area contributed by atoms with Crippen molar-refractivity contribution in [1.82, 2.24) is 4.98 Å². The molecule has 4 aromatic rings. The average Bonchev–Trinajstić information content (AvgIpc) is 3.38. The lowest BCUT2D eigenvalue weighted by atomic mass is 10.2. The second-order valence-electron chi connectivity index (χ2n) is 5.86. The number of furan rings is 1. The van der Waals surface area contributed by atoms with E-state index in [0.29, 0.717) is 28.0 Å². The number of carbonyl (C=O) groups is 1. The fourth-order valence-corrected chi connectivity index (χ4v) is 3.71. The van der Waals surface area contributed by atoms with Gasteiger partial charge in [-0.2, -0.15) is 0 Å². The first-order valence-corrected chi connectivity index (χ1v) is 9.57. The zero-order chi connectivity index (χ0) is 18.6. The molecule has 4 rings (SSSR count). The highest BCUT2D eigenvalue weighted by Gasteiger charge is 2.22. The van der Waals surface area contributed by atoms with Crippen molar-refractivity contribution in [2.45, 2.75) is 6.54 Å². The molecule has 0 unspecified atom stereocenters. The van der Waals surface area contributed by atoms with Crippen molar-refractivity contribution in [2.75, 3.05) is 4.90 Å². The molecule has 2 heterocycles. The normalized spacial score (nSPS) is 10.7. The predicted octanol–water partition coefficient (Wildman–Crippen LogP) is 5.90.